The Bertz CT molecular complexity index is 3770. The number of sulfonamides is 2. The van der Waals surface area contributed by atoms with E-state index in [-0.39, 0.29) is 117 Å². The Kier molecular flexibility index (Phi) is 20.3. The second-order valence-electron chi connectivity index (χ2n) is 23.0. The van der Waals surface area contributed by atoms with E-state index in [1.54, 1.807) is 12.1 Å². The molecular formula is C62H78Cl2N8O11S2. The summed E-state index contributed by atoms with van der Waals surface area (Å²) >= 11 is 0. The molecular weight excluding hydrogens is 1170 g/mol. The first-order valence-corrected chi connectivity index (χ1v) is 30.6. The number of nitrogens with zero attached hydrogens (tertiary/aromatic N) is 4. The van der Waals surface area contributed by atoms with Crippen LogP contribution in [0.15, 0.2) is 107 Å². The summed E-state index contributed by atoms with van der Waals surface area (Å²) in [5.41, 5.74) is 11.9. The molecule has 4 aromatic carbocycles. The van der Waals surface area contributed by atoms with Crippen molar-refractivity contribution in [3.05, 3.63) is 130 Å². The summed E-state index contributed by atoms with van der Waals surface area (Å²) in [6.45, 7) is 16.6. The summed E-state index contributed by atoms with van der Waals surface area (Å²) in [5.74, 6) is -1.47. The van der Waals surface area contributed by atoms with Crippen LogP contribution in [0.2, 0.25) is 0 Å². The summed E-state index contributed by atoms with van der Waals surface area (Å²) in [6.07, 6.45) is 3.41. The summed E-state index contributed by atoms with van der Waals surface area (Å²) in [5, 5.41) is 22.2. The number of carbonyl (C=O) groups excluding carboxylic acids is 1. The number of aryl methyl sites for hydroxylation is 4. The van der Waals surface area contributed by atoms with Crippen molar-refractivity contribution in [2.45, 2.75) is 147 Å². The molecule has 0 radical (unpaired) electrons. The minimum Gasteiger partial charge on any atom is -0.478 e. The Labute approximate surface area is 516 Å². The number of aromatic carboxylic acids is 2. The standard InChI is InChI=1S/C31H38N4O5S.C25H30N4O5S.C6H8O.2ClH/c1-19(2)13-23(32-24-16-31(17-24)11-12-31)18-40-27-15-26(28-20(3)7-5-8-21(28)4)33-30(34-27)35-41(38,39)25-10-6-9-22(14-25)29(36)37;1-15(2)11-19(26)14-34-22-13-21(23-16(3)7-5-8-17(23)4)27-25(28-22)29-35(32,33)20-10-6-9-18(12-20)24(30)31;7-5-3-6(4-5)1-2-6;;/h5-10,14-15,19,23-24,32H,11-13,16-18H2,1-4H3,(H,36,37)(H,33,34,35);5-10,12-13,15,19H,11,14,26H2,1-4H3,(H,30,31)(H,27,28,29);1-4H2;2*1H/t23-;19-;;;/m11.../s1/i11D2;;1D2;;/t23-,24?,31?;m;;;. The van der Waals surface area contributed by atoms with Crippen LogP contribution in [0, 0.1) is 50.4 Å². The first kappa shape index (κ1) is 61.3. The predicted molar refractivity (Wildman–Crippen MR) is 332 cm³/mol. The van der Waals surface area contributed by atoms with Crippen LogP contribution in [0.3, 0.4) is 0 Å². The molecule has 85 heavy (non-hydrogen) atoms. The van der Waals surface area contributed by atoms with Crippen LogP contribution in [0.25, 0.3) is 22.5 Å². The van der Waals surface area contributed by atoms with E-state index >= 15 is 0 Å². The summed E-state index contributed by atoms with van der Waals surface area (Å²) in [4.78, 5) is 50.3. The molecule has 4 fully saturated rings. The lowest BCUT2D eigenvalue weighted by Gasteiger charge is -2.39. The van der Waals surface area contributed by atoms with E-state index in [1.165, 1.54) is 36.4 Å². The number of anilines is 2. The van der Waals surface area contributed by atoms with Gasteiger partial charge >= 0.3 is 11.9 Å². The smallest absolute Gasteiger partial charge is 0.335 e. The van der Waals surface area contributed by atoms with Gasteiger partial charge in [-0.25, -0.2) is 45.8 Å². The number of carboxylic acid groups (broad SMARTS) is 2. The number of hydrogen-bond acceptors (Lipinski definition) is 15. The van der Waals surface area contributed by atoms with Crippen LogP contribution in [0.1, 0.15) is 140 Å². The van der Waals surface area contributed by atoms with Gasteiger partial charge in [0.2, 0.25) is 23.7 Å². The molecule has 23 heteroatoms. The van der Waals surface area contributed by atoms with Gasteiger partial charge in [-0.15, -0.1) is 24.8 Å². The second-order valence-corrected chi connectivity index (χ2v) is 26.4. The lowest BCUT2D eigenvalue weighted by atomic mass is 9.76. The molecule has 2 heterocycles. The molecule has 4 aliphatic carbocycles. The van der Waals surface area contributed by atoms with E-state index in [1.807, 2.05) is 64.1 Å². The minimum atomic E-state index is -4.22. The Morgan fingerprint density at radius 3 is 1.40 bits per heavy atom. The average molecular weight is 1250 g/mol. The number of carbonyl (C=O) groups is 3. The van der Waals surface area contributed by atoms with Gasteiger partial charge in [0.1, 0.15) is 19.0 Å². The maximum atomic E-state index is 13.3. The fraction of sp³-hybridized carbons (Fsp3) is 0.435. The number of nitrogens with two attached hydrogens (primary N) is 1. The Balaban J connectivity index is 0.000000246. The normalized spacial score (nSPS) is 19.6. The van der Waals surface area contributed by atoms with Gasteiger partial charge in [-0.3, -0.25) is 4.79 Å². The molecule has 2 aromatic heterocycles. The zero-order valence-electron chi connectivity index (χ0n) is 52.8. The zero-order chi connectivity index (χ0) is 63.6. The molecule has 0 aliphatic heterocycles. The molecule has 0 amide bonds. The topological polar surface area (TPSA) is 292 Å². The minimum absolute atomic E-state index is 0. The van der Waals surface area contributed by atoms with Gasteiger partial charge in [0.15, 0.2) is 0 Å². The van der Waals surface area contributed by atoms with Crippen molar-refractivity contribution < 1.29 is 56.4 Å². The average Bonchev–Trinajstić information content (AvgIpc) is 1.54. The highest BCUT2D eigenvalue weighted by molar-refractivity contribution is 7.93. The van der Waals surface area contributed by atoms with E-state index in [9.17, 15) is 41.4 Å². The van der Waals surface area contributed by atoms with Crippen molar-refractivity contribution in [3.8, 4) is 34.3 Å². The number of rotatable bonds is 22. The number of carboxylic acids is 2. The molecule has 19 nitrogen and oxygen atoms in total. The molecule has 458 valence electrons. The molecule has 2 atom stereocenters. The van der Waals surface area contributed by atoms with Crippen LogP contribution < -0.4 is 30.0 Å². The van der Waals surface area contributed by atoms with E-state index in [4.69, 9.17) is 20.7 Å². The maximum absolute atomic E-state index is 13.3. The quantitative estimate of drug-likeness (QED) is 0.0368. The fourth-order valence-electron chi connectivity index (χ4n) is 10.4. The van der Waals surface area contributed by atoms with Crippen molar-refractivity contribution in [3.63, 3.8) is 0 Å². The van der Waals surface area contributed by atoms with Gasteiger partial charge in [-0.1, -0.05) is 76.2 Å². The van der Waals surface area contributed by atoms with Gasteiger partial charge < -0.3 is 30.7 Å². The predicted octanol–water partition coefficient (Wildman–Crippen LogP) is 11.6. The number of halogens is 2. The van der Waals surface area contributed by atoms with Crippen LogP contribution in [-0.2, 0) is 24.8 Å². The highest BCUT2D eigenvalue weighted by Crippen LogP contribution is 2.61. The number of benzene rings is 4. The number of hydrogen-bond donors (Lipinski definition) is 6. The lowest BCUT2D eigenvalue weighted by Crippen LogP contribution is -2.49. The summed E-state index contributed by atoms with van der Waals surface area (Å²) < 4.78 is 99.9. The summed E-state index contributed by atoms with van der Waals surface area (Å²) in [6, 6.07) is 25.1. The number of ketones is 1. The molecule has 0 saturated heterocycles. The lowest BCUT2D eigenvalue weighted by molar-refractivity contribution is -0.127. The van der Waals surface area contributed by atoms with E-state index in [0.29, 0.717) is 48.9 Å². The van der Waals surface area contributed by atoms with E-state index < -0.39 is 44.7 Å². The van der Waals surface area contributed by atoms with E-state index in [2.05, 4.69) is 62.4 Å². The highest BCUT2D eigenvalue weighted by atomic mass is 35.5. The van der Waals surface area contributed by atoms with Gasteiger partial charge in [-0.05, 0) is 160 Å². The Morgan fingerprint density at radius 1 is 0.635 bits per heavy atom. The third-order valence-corrected chi connectivity index (χ3v) is 17.3. The van der Waals surface area contributed by atoms with Crippen LogP contribution >= 0.6 is 24.8 Å². The van der Waals surface area contributed by atoms with Gasteiger partial charge in [0.05, 0.1) is 32.3 Å². The van der Waals surface area contributed by atoms with Gasteiger partial charge in [0.25, 0.3) is 20.0 Å². The zero-order valence-corrected chi connectivity index (χ0v) is 52.0. The molecule has 0 unspecified atom stereocenters. The first-order chi connectivity index (χ1) is 40.7. The third-order valence-electron chi connectivity index (χ3n) is 14.7. The number of ether oxygens (including phenoxy) is 2. The molecule has 10 rings (SSSR count). The van der Waals surface area contributed by atoms with Crippen molar-refractivity contribution in [1.82, 2.24) is 25.3 Å². The summed E-state index contributed by atoms with van der Waals surface area (Å²) in [7, 11) is -8.39. The highest BCUT2D eigenvalue weighted by Gasteiger charge is 2.53. The third kappa shape index (κ3) is 18.1. The van der Waals surface area contributed by atoms with Crippen LogP contribution in [-0.4, -0.2) is 96.0 Å². The van der Waals surface area contributed by atoms with Crippen molar-refractivity contribution in [2.24, 2.45) is 28.4 Å². The first-order valence-electron chi connectivity index (χ1n) is 29.6. The number of nitrogens with one attached hydrogen (secondary N) is 3. The number of aromatic nitrogens is 4. The fourth-order valence-corrected chi connectivity index (χ4v) is 12.3. The molecule has 4 saturated carbocycles. The number of Topliss-reactive ketones (excluding diaryl/α,β-unsaturated/α-hetero) is 1. The van der Waals surface area contributed by atoms with Crippen molar-refractivity contribution in [2.75, 3.05) is 22.7 Å². The Hall–Kier alpha value is -6.75. The molecule has 4 aliphatic rings. The van der Waals surface area contributed by atoms with Gasteiger partial charge in [-0.2, -0.15) is 9.97 Å². The van der Waals surface area contributed by atoms with Crippen molar-refractivity contribution >= 4 is 74.5 Å². The van der Waals surface area contributed by atoms with Crippen molar-refractivity contribution in [1.29, 1.82) is 0 Å². The van der Waals surface area contributed by atoms with Gasteiger partial charge in [0, 0.05) is 59.7 Å². The molecule has 6 aromatic rings. The maximum Gasteiger partial charge on any atom is 0.335 e. The second kappa shape index (κ2) is 28.2. The largest absolute Gasteiger partial charge is 0.478 e. The molecule has 0 bridgehead atoms. The molecule has 2 spiro atoms. The SMILES string of the molecule is Cc1cccc(C)c1-c1cc(OC[C@H](N)CC(C)C)nc(NS(=O)(=O)c2cccc(C(=O)O)c2)n1.Cl.Cl.[2H]C1([2H])CC12CC(=O)C2.[2H]C1([2H])CC12CC(N[C@@H](COc1cc(-c3c(C)cccc3C)nc(NS(=O)(=O)c3cccc(C(=O)O)c3)n1)CC(C)C)C2. The van der Waals surface area contributed by atoms with Crippen LogP contribution in [0.5, 0.6) is 11.8 Å². The van der Waals surface area contributed by atoms with E-state index in [0.717, 1.165) is 71.2 Å². The monoisotopic (exact) mass is 1250 g/mol. The Morgan fingerprint density at radius 2 is 1.04 bits per heavy atom. The van der Waals surface area contributed by atoms with Crippen LogP contribution in [0.4, 0.5) is 11.9 Å². The molecule has 7 N–H and O–H groups in total.